The van der Waals surface area contributed by atoms with Crippen molar-refractivity contribution >= 4 is 15.9 Å². The molecule has 2 atom stereocenters. The monoisotopic (exact) mass is 242 g/mol. The lowest BCUT2D eigenvalue weighted by Gasteiger charge is -2.18. The van der Waals surface area contributed by atoms with Gasteiger partial charge in [0, 0.05) is 10.4 Å². The van der Waals surface area contributed by atoms with E-state index in [4.69, 9.17) is 0 Å². The summed E-state index contributed by atoms with van der Waals surface area (Å²) in [7, 11) is 0. The highest BCUT2D eigenvalue weighted by molar-refractivity contribution is 9.10. The molecule has 0 aliphatic heterocycles. The second kappa shape index (κ2) is 4.77. The van der Waals surface area contributed by atoms with Crippen LogP contribution in [0.1, 0.15) is 31.7 Å². The molecule has 0 bridgehead atoms. The molecular weight excluding hydrogens is 228 g/mol. The van der Waals surface area contributed by atoms with E-state index in [1.165, 1.54) is 5.56 Å². The molecule has 0 saturated carbocycles. The van der Waals surface area contributed by atoms with Crippen molar-refractivity contribution in [3.05, 3.63) is 34.3 Å². The number of rotatable bonds is 3. The van der Waals surface area contributed by atoms with Gasteiger partial charge >= 0.3 is 0 Å². The molecule has 1 N–H and O–H groups in total. The van der Waals surface area contributed by atoms with Crippen LogP contribution in [0.25, 0.3) is 0 Å². The van der Waals surface area contributed by atoms with E-state index < -0.39 is 0 Å². The lowest BCUT2D eigenvalue weighted by molar-refractivity contribution is 0.160. The van der Waals surface area contributed by atoms with E-state index in [-0.39, 0.29) is 12.0 Å². The minimum atomic E-state index is -0.272. The van der Waals surface area contributed by atoms with Gasteiger partial charge in [-0.05, 0) is 31.0 Å². The number of hydrogen-bond donors (Lipinski definition) is 1. The predicted octanol–water partition coefficient (Wildman–Crippen LogP) is 3.32. The van der Waals surface area contributed by atoms with Crippen LogP contribution in [-0.2, 0) is 0 Å². The zero-order valence-electron chi connectivity index (χ0n) is 8.00. The quantitative estimate of drug-likeness (QED) is 0.863. The summed E-state index contributed by atoms with van der Waals surface area (Å²) in [6.07, 6.45) is 0.699. The van der Waals surface area contributed by atoms with Crippen LogP contribution in [0, 0.1) is 0 Å². The molecule has 72 valence electrons. The van der Waals surface area contributed by atoms with Crippen molar-refractivity contribution in [2.24, 2.45) is 0 Å². The van der Waals surface area contributed by atoms with Gasteiger partial charge in [0.2, 0.25) is 0 Å². The fourth-order valence-electron chi connectivity index (χ4n) is 1.57. The number of halogens is 1. The Morgan fingerprint density at radius 1 is 1.31 bits per heavy atom. The van der Waals surface area contributed by atoms with E-state index in [0.717, 1.165) is 10.9 Å². The lowest BCUT2D eigenvalue weighted by Crippen LogP contribution is -2.13. The summed E-state index contributed by atoms with van der Waals surface area (Å²) in [6, 6.07) is 8.15. The Kier molecular flexibility index (Phi) is 3.94. The van der Waals surface area contributed by atoms with Crippen LogP contribution in [0.2, 0.25) is 0 Å². The standard InChI is InChI=1S/C11H15BrO/c1-3-11(8(2)13)9-4-6-10(12)7-5-9/h4-8,11,13H,3H2,1-2H3. The molecule has 0 aliphatic rings. The lowest BCUT2D eigenvalue weighted by atomic mass is 9.92. The average molecular weight is 243 g/mol. The van der Waals surface area contributed by atoms with Crippen LogP contribution in [0.15, 0.2) is 28.7 Å². The van der Waals surface area contributed by atoms with E-state index in [2.05, 4.69) is 35.0 Å². The topological polar surface area (TPSA) is 20.2 Å². The number of aliphatic hydroxyl groups is 1. The minimum Gasteiger partial charge on any atom is -0.393 e. The molecule has 0 heterocycles. The first-order valence-electron chi connectivity index (χ1n) is 4.58. The molecule has 0 spiro atoms. The van der Waals surface area contributed by atoms with E-state index in [9.17, 15) is 5.11 Å². The minimum absolute atomic E-state index is 0.257. The van der Waals surface area contributed by atoms with Gasteiger partial charge in [-0.3, -0.25) is 0 Å². The van der Waals surface area contributed by atoms with E-state index in [1.54, 1.807) is 0 Å². The van der Waals surface area contributed by atoms with Crippen molar-refractivity contribution in [1.82, 2.24) is 0 Å². The summed E-state index contributed by atoms with van der Waals surface area (Å²) in [4.78, 5) is 0. The van der Waals surface area contributed by atoms with E-state index in [0.29, 0.717) is 0 Å². The van der Waals surface area contributed by atoms with Crippen molar-refractivity contribution < 1.29 is 5.11 Å². The predicted molar refractivity (Wildman–Crippen MR) is 58.9 cm³/mol. The molecule has 0 aromatic heterocycles. The van der Waals surface area contributed by atoms with Crippen molar-refractivity contribution in [3.63, 3.8) is 0 Å². The fraction of sp³-hybridized carbons (Fsp3) is 0.455. The van der Waals surface area contributed by atoms with Gasteiger partial charge in [0.15, 0.2) is 0 Å². The number of aliphatic hydroxyl groups excluding tert-OH is 1. The highest BCUT2D eigenvalue weighted by Crippen LogP contribution is 2.24. The third-order valence-electron chi connectivity index (χ3n) is 2.32. The van der Waals surface area contributed by atoms with Gasteiger partial charge in [-0.15, -0.1) is 0 Å². The Hall–Kier alpha value is -0.340. The molecule has 2 heteroatoms. The highest BCUT2D eigenvalue weighted by Gasteiger charge is 2.14. The van der Waals surface area contributed by atoms with Crippen LogP contribution < -0.4 is 0 Å². The molecular formula is C11H15BrO. The van der Waals surface area contributed by atoms with Crippen LogP contribution in [0.4, 0.5) is 0 Å². The average Bonchev–Trinajstić information content (AvgIpc) is 2.09. The van der Waals surface area contributed by atoms with Gasteiger partial charge < -0.3 is 5.11 Å². The molecule has 0 fully saturated rings. The van der Waals surface area contributed by atoms with E-state index >= 15 is 0 Å². The summed E-state index contributed by atoms with van der Waals surface area (Å²) < 4.78 is 1.08. The van der Waals surface area contributed by atoms with Crippen LogP contribution in [0.3, 0.4) is 0 Å². The maximum Gasteiger partial charge on any atom is 0.0580 e. The zero-order valence-corrected chi connectivity index (χ0v) is 9.58. The maximum absolute atomic E-state index is 9.52. The summed E-state index contributed by atoms with van der Waals surface area (Å²) in [5, 5.41) is 9.52. The van der Waals surface area contributed by atoms with Crippen molar-refractivity contribution in [2.45, 2.75) is 32.3 Å². The zero-order chi connectivity index (χ0) is 9.84. The Bertz CT molecular complexity index is 253. The molecule has 1 aromatic carbocycles. The molecule has 1 rings (SSSR count). The largest absolute Gasteiger partial charge is 0.393 e. The molecule has 0 saturated heterocycles. The summed E-state index contributed by atoms with van der Waals surface area (Å²) in [5.41, 5.74) is 1.21. The summed E-state index contributed by atoms with van der Waals surface area (Å²) in [5.74, 6) is 0.257. The Morgan fingerprint density at radius 2 is 1.85 bits per heavy atom. The Balaban J connectivity index is 2.86. The van der Waals surface area contributed by atoms with Crippen molar-refractivity contribution in [2.75, 3.05) is 0 Å². The fourth-order valence-corrected chi connectivity index (χ4v) is 1.83. The molecule has 0 amide bonds. The maximum atomic E-state index is 9.52. The van der Waals surface area contributed by atoms with E-state index in [1.807, 2.05) is 19.1 Å². The summed E-state index contributed by atoms with van der Waals surface area (Å²) in [6.45, 7) is 3.94. The van der Waals surface area contributed by atoms with Gasteiger partial charge in [0.1, 0.15) is 0 Å². The molecule has 2 unspecified atom stereocenters. The first-order valence-corrected chi connectivity index (χ1v) is 5.38. The second-order valence-electron chi connectivity index (χ2n) is 3.31. The molecule has 1 aromatic rings. The van der Waals surface area contributed by atoms with Gasteiger partial charge in [-0.1, -0.05) is 35.0 Å². The van der Waals surface area contributed by atoms with Gasteiger partial charge in [0.05, 0.1) is 6.10 Å². The van der Waals surface area contributed by atoms with Gasteiger partial charge in [-0.2, -0.15) is 0 Å². The molecule has 1 nitrogen and oxygen atoms in total. The summed E-state index contributed by atoms with van der Waals surface area (Å²) >= 11 is 3.39. The number of hydrogen-bond acceptors (Lipinski definition) is 1. The third kappa shape index (κ3) is 2.82. The third-order valence-corrected chi connectivity index (χ3v) is 2.85. The molecule has 0 aliphatic carbocycles. The van der Waals surface area contributed by atoms with Gasteiger partial charge in [-0.25, -0.2) is 0 Å². The second-order valence-corrected chi connectivity index (χ2v) is 4.22. The smallest absolute Gasteiger partial charge is 0.0580 e. The van der Waals surface area contributed by atoms with Crippen molar-refractivity contribution in [1.29, 1.82) is 0 Å². The number of benzene rings is 1. The molecule has 0 radical (unpaired) electrons. The Morgan fingerprint density at radius 3 is 2.23 bits per heavy atom. The highest BCUT2D eigenvalue weighted by atomic mass is 79.9. The molecule has 13 heavy (non-hydrogen) atoms. The normalized spacial score (nSPS) is 15.4. The SMILES string of the molecule is CCC(c1ccc(Br)cc1)C(C)O. The Labute approximate surface area is 87.9 Å². The van der Waals surface area contributed by atoms with Crippen LogP contribution >= 0.6 is 15.9 Å². The van der Waals surface area contributed by atoms with Gasteiger partial charge in [0.25, 0.3) is 0 Å². The van der Waals surface area contributed by atoms with Crippen molar-refractivity contribution in [3.8, 4) is 0 Å². The van der Waals surface area contributed by atoms with Crippen LogP contribution in [0.5, 0.6) is 0 Å². The first kappa shape index (κ1) is 10.7. The first-order chi connectivity index (χ1) is 6.15. The van der Waals surface area contributed by atoms with Crippen LogP contribution in [-0.4, -0.2) is 11.2 Å².